The first-order chi connectivity index (χ1) is 11.6. The Hall–Kier alpha value is -2.12. The number of anilines is 1. The van der Waals surface area contributed by atoms with Gasteiger partial charge in [-0.3, -0.25) is 0 Å². The van der Waals surface area contributed by atoms with E-state index in [0.717, 1.165) is 16.3 Å². The maximum atomic E-state index is 12.7. The van der Waals surface area contributed by atoms with E-state index in [1.807, 2.05) is 37.4 Å². The van der Waals surface area contributed by atoms with Gasteiger partial charge in [0.25, 0.3) is 0 Å². The molecule has 1 aromatic heterocycles. The van der Waals surface area contributed by atoms with Gasteiger partial charge in [0.15, 0.2) is 0 Å². The van der Waals surface area contributed by atoms with Gasteiger partial charge in [-0.1, -0.05) is 12.1 Å². The van der Waals surface area contributed by atoms with Crippen LogP contribution in [0, 0.1) is 13.8 Å². The molecular formula is C17H21N3O3S. The lowest BCUT2D eigenvalue weighted by Gasteiger charge is -2.32. The Morgan fingerprint density at radius 1 is 1.46 bits per heavy atom. The zero-order valence-corrected chi connectivity index (χ0v) is 14.9. The third-order valence-corrected chi connectivity index (χ3v) is 5.01. The van der Waals surface area contributed by atoms with Crippen LogP contribution in [0.25, 0.3) is 0 Å². The van der Waals surface area contributed by atoms with Crippen molar-refractivity contribution in [3.05, 3.63) is 39.8 Å². The number of benzene rings is 1. The molecule has 0 bridgehead atoms. The lowest BCUT2D eigenvalue weighted by Crippen LogP contribution is -2.44. The zero-order valence-electron chi connectivity index (χ0n) is 14.0. The summed E-state index contributed by atoms with van der Waals surface area (Å²) in [4.78, 5) is 18.9. The van der Waals surface area contributed by atoms with Crippen molar-refractivity contribution in [2.24, 2.45) is 0 Å². The topological polar surface area (TPSA) is 63.7 Å². The summed E-state index contributed by atoms with van der Waals surface area (Å²) < 4.78 is 11.1. The van der Waals surface area contributed by atoms with Crippen molar-refractivity contribution in [1.29, 1.82) is 0 Å². The zero-order chi connectivity index (χ0) is 17.1. The molecule has 0 radical (unpaired) electrons. The van der Waals surface area contributed by atoms with Crippen LogP contribution in [0.5, 0.6) is 5.75 Å². The number of urea groups is 1. The van der Waals surface area contributed by atoms with Crippen molar-refractivity contribution in [3.63, 3.8) is 0 Å². The number of amides is 2. The van der Waals surface area contributed by atoms with Crippen LogP contribution >= 0.6 is 11.3 Å². The summed E-state index contributed by atoms with van der Waals surface area (Å²) in [7, 11) is 1.60. The van der Waals surface area contributed by atoms with Gasteiger partial charge in [0.05, 0.1) is 25.9 Å². The first-order valence-corrected chi connectivity index (χ1v) is 8.69. The largest absolute Gasteiger partial charge is 0.495 e. The number of hydrogen-bond acceptors (Lipinski definition) is 5. The molecule has 1 aromatic carbocycles. The van der Waals surface area contributed by atoms with E-state index >= 15 is 0 Å². The Balaban J connectivity index is 1.71. The molecule has 1 aliphatic heterocycles. The summed E-state index contributed by atoms with van der Waals surface area (Å²) in [5.41, 5.74) is 2.64. The van der Waals surface area contributed by atoms with Gasteiger partial charge in [-0.15, -0.1) is 11.3 Å². The molecule has 6 nitrogen and oxygen atoms in total. The minimum absolute atomic E-state index is 0.149. The molecule has 0 spiro atoms. The maximum absolute atomic E-state index is 12.7. The van der Waals surface area contributed by atoms with Gasteiger partial charge >= 0.3 is 6.03 Å². The molecule has 24 heavy (non-hydrogen) atoms. The van der Waals surface area contributed by atoms with Gasteiger partial charge in [-0.25, -0.2) is 9.78 Å². The number of nitrogens with zero attached hydrogens (tertiary/aromatic N) is 2. The summed E-state index contributed by atoms with van der Waals surface area (Å²) in [6, 6.07) is 5.53. The molecule has 1 atom stereocenters. The second-order valence-corrected chi connectivity index (χ2v) is 6.60. The van der Waals surface area contributed by atoms with Crippen molar-refractivity contribution in [1.82, 2.24) is 9.88 Å². The van der Waals surface area contributed by atoms with Crippen LogP contribution in [0.3, 0.4) is 0 Å². The van der Waals surface area contributed by atoms with E-state index in [-0.39, 0.29) is 12.1 Å². The Labute approximate surface area is 145 Å². The standard InChI is InChI=1S/C17H21N3O3S/c1-11-5-4-6-13(22-3)15(11)19-17(21)20-7-8-23-14(9-20)16-18-12(2)10-24-16/h4-6,10,14H,7-9H2,1-3H3,(H,19,21)/t14-/m1/s1. The molecule has 2 heterocycles. The molecule has 1 fully saturated rings. The number of thiazole rings is 1. The fourth-order valence-electron chi connectivity index (χ4n) is 2.66. The van der Waals surface area contributed by atoms with E-state index in [1.165, 1.54) is 0 Å². The van der Waals surface area contributed by atoms with E-state index in [1.54, 1.807) is 23.3 Å². The summed E-state index contributed by atoms with van der Waals surface area (Å²) in [5.74, 6) is 0.656. The van der Waals surface area contributed by atoms with Gasteiger partial charge < -0.3 is 19.7 Å². The monoisotopic (exact) mass is 347 g/mol. The van der Waals surface area contributed by atoms with Crippen LogP contribution in [0.2, 0.25) is 0 Å². The van der Waals surface area contributed by atoms with Gasteiger partial charge in [0, 0.05) is 17.6 Å². The van der Waals surface area contributed by atoms with Crippen LogP contribution in [0.4, 0.5) is 10.5 Å². The number of ether oxygens (including phenoxy) is 2. The highest BCUT2D eigenvalue weighted by Crippen LogP contribution is 2.29. The van der Waals surface area contributed by atoms with Crippen LogP contribution in [0.15, 0.2) is 23.6 Å². The fourth-order valence-corrected chi connectivity index (χ4v) is 3.50. The second-order valence-electron chi connectivity index (χ2n) is 5.71. The van der Waals surface area contributed by atoms with Crippen LogP contribution < -0.4 is 10.1 Å². The molecule has 128 valence electrons. The molecular weight excluding hydrogens is 326 g/mol. The van der Waals surface area contributed by atoms with Crippen molar-refractivity contribution >= 4 is 23.1 Å². The SMILES string of the molecule is COc1cccc(C)c1NC(=O)N1CCO[C@@H](c2nc(C)cs2)C1. The van der Waals surface area contributed by atoms with Crippen molar-refractivity contribution < 1.29 is 14.3 Å². The Morgan fingerprint density at radius 3 is 3.00 bits per heavy atom. The summed E-state index contributed by atoms with van der Waals surface area (Å²) in [6.07, 6.45) is -0.165. The van der Waals surface area contributed by atoms with Crippen molar-refractivity contribution in [2.75, 3.05) is 32.1 Å². The first-order valence-electron chi connectivity index (χ1n) is 7.81. The van der Waals surface area contributed by atoms with E-state index in [2.05, 4.69) is 10.3 Å². The molecule has 3 rings (SSSR count). The average molecular weight is 347 g/mol. The number of para-hydroxylation sites is 1. The number of rotatable bonds is 3. The average Bonchev–Trinajstić information content (AvgIpc) is 3.03. The third kappa shape index (κ3) is 3.52. The molecule has 2 aromatic rings. The summed E-state index contributed by atoms with van der Waals surface area (Å²) in [5, 5.41) is 5.88. The number of carbonyl (C=O) groups is 1. The first kappa shape index (κ1) is 16.7. The molecule has 7 heteroatoms. The van der Waals surface area contributed by atoms with Crippen LogP contribution in [-0.4, -0.2) is 42.7 Å². The molecule has 2 amide bonds. The number of aromatic nitrogens is 1. The molecule has 1 aliphatic rings. The predicted molar refractivity (Wildman–Crippen MR) is 93.9 cm³/mol. The minimum atomic E-state index is -0.165. The molecule has 1 saturated heterocycles. The van der Waals surface area contributed by atoms with Gasteiger partial charge in [-0.05, 0) is 25.5 Å². The highest BCUT2D eigenvalue weighted by Gasteiger charge is 2.27. The molecule has 0 saturated carbocycles. The van der Waals surface area contributed by atoms with Gasteiger partial charge in [0.1, 0.15) is 16.9 Å². The summed E-state index contributed by atoms with van der Waals surface area (Å²) in [6.45, 7) is 5.45. The molecule has 1 N–H and O–H groups in total. The van der Waals surface area contributed by atoms with E-state index in [0.29, 0.717) is 31.1 Å². The lowest BCUT2D eigenvalue weighted by atomic mass is 10.2. The van der Waals surface area contributed by atoms with Gasteiger partial charge in [-0.2, -0.15) is 0 Å². The van der Waals surface area contributed by atoms with E-state index in [4.69, 9.17) is 9.47 Å². The van der Waals surface area contributed by atoms with Crippen LogP contribution in [0.1, 0.15) is 22.4 Å². The second kappa shape index (κ2) is 7.19. The summed E-state index contributed by atoms with van der Waals surface area (Å²) >= 11 is 1.57. The van der Waals surface area contributed by atoms with E-state index < -0.39 is 0 Å². The quantitative estimate of drug-likeness (QED) is 0.924. The maximum Gasteiger partial charge on any atom is 0.322 e. The normalized spacial score (nSPS) is 17.6. The van der Waals surface area contributed by atoms with E-state index in [9.17, 15) is 4.79 Å². The van der Waals surface area contributed by atoms with Crippen LogP contribution in [-0.2, 0) is 4.74 Å². The third-order valence-electron chi connectivity index (χ3n) is 3.95. The fraction of sp³-hybridized carbons (Fsp3) is 0.412. The predicted octanol–water partition coefficient (Wildman–Crippen LogP) is 3.37. The smallest absolute Gasteiger partial charge is 0.322 e. The number of methoxy groups -OCH3 is 1. The lowest BCUT2D eigenvalue weighted by molar-refractivity contribution is -0.0136. The van der Waals surface area contributed by atoms with Crippen molar-refractivity contribution in [3.8, 4) is 5.75 Å². The minimum Gasteiger partial charge on any atom is -0.495 e. The number of nitrogens with one attached hydrogen (secondary N) is 1. The molecule has 0 aliphatic carbocycles. The number of hydrogen-bond donors (Lipinski definition) is 1. The molecule has 0 unspecified atom stereocenters. The Kier molecular flexibility index (Phi) is 5.01. The highest BCUT2D eigenvalue weighted by atomic mass is 32.1. The van der Waals surface area contributed by atoms with Crippen molar-refractivity contribution in [2.45, 2.75) is 20.0 Å². The number of morpholine rings is 1. The Morgan fingerprint density at radius 2 is 2.29 bits per heavy atom. The highest BCUT2D eigenvalue weighted by molar-refractivity contribution is 7.09. The Bertz CT molecular complexity index is 732. The number of carbonyl (C=O) groups excluding carboxylic acids is 1. The number of aryl methyl sites for hydroxylation is 2. The van der Waals surface area contributed by atoms with Gasteiger partial charge in [0.2, 0.25) is 0 Å².